The Labute approximate surface area is 159 Å². The van der Waals surface area contributed by atoms with Crippen molar-refractivity contribution >= 4 is 53.2 Å². The van der Waals surface area contributed by atoms with Gasteiger partial charge in [0.1, 0.15) is 0 Å². The molecule has 1 aromatic carbocycles. The van der Waals surface area contributed by atoms with Crippen LogP contribution in [0.1, 0.15) is 29.6 Å². The van der Waals surface area contributed by atoms with Crippen LogP contribution in [0.25, 0.3) is 10.9 Å². The lowest BCUT2D eigenvalue weighted by Gasteiger charge is -2.22. The Kier molecular flexibility index (Phi) is 8.78. The largest absolute Gasteiger partial charge is 0.352 e. The minimum absolute atomic E-state index is 0. The van der Waals surface area contributed by atoms with Gasteiger partial charge in [-0.25, -0.2) is 0 Å². The van der Waals surface area contributed by atoms with Crippen molar-refractivity contribution in [3.8, 4) is 0 Å². The van der Waals surface area contributed by atoms with Crippen LogP contribution >= 0.6 is 36.4 Å². The molecule has 1 atom stereocenters. The highest BCUT2D eigenvalue weighted by Crippen LogP contribution is 2.22. The number of amides is 1. The van der Waals surface area contributed by atoms with E-state index in [2.05, 4.69) is 15.6 Å². The van der Waals surface area contributed by atoms with E-state index in [-0.39, 0.29) is 30.7 Å². The van der Waals surface area contributed by atoms with Crippen LogP contribution in [0, 0.1) is 5.92 Å². The second-order valence-electron chi connectivity index (χ2n) is 5.79. The number of hydrogen-bond donors (Lipinski definition) is 2. The molecule has 0 saturated carbocycles. The van der Waals surface area contributed by atoms with E-state index >= 15 is 0 Å². The Morgan fingerprint density at radius 2 is 2.21 bits per heavy atom. The zero-order valence-corrected chi connectivity index (χ0v) is 15.6. The molecule has 1 saturated heterocycles. The number of halogens is 3. The molecule has 7 heteroatoms. The molecular weight excluding hydrogens is 369 g/mol. The fourth-order valence-corrected chi connectivity index (χ4v) is 3.21. The van der Waals surface area contributed by atoms with Gasteiger partial charge in [0.25, 0.3) is 5.91 Å². The van der Waals surface area contributed by atoms with E-state index in [1.165, 1.54) is 12.8 Å². The smallest absolute Gasteiger partial charge is 0.253 e. The van der Waals surface area contributed by atoms with Gasteiger partial charge >= 0.3 is 0 Å². The minimum Gasteiger partial charge on any atom is -0.352 e. The molecule has 2 aromatic rings. The topological polar surface area (TPSA) is 54.0 Å². The van der Waals surface area contributed by atoms with Gasteiger partial charge in [0.05, 0.1) is 11.1 Å². The third-order valence-electron chi connectivity index (χ3n) is 4.15. The molecule has 1 fully saturated rings. The van der Waals surface area contributed by atoms with E-state index in [9.17, 15) is 4.79 Å². The maximum Gasteiger partial charge on any atom is 0.253 e. The summed E-state index contributed by atoms with van der Waals surface area (Å²) in [6.07, 6.45) is 5.16. The Bertz CT molecular complexity index is 675. The van der Waals surface area contributed by atoms with Gasteiger partial charge in [-0.05, 0) is 56.5 Å². The van der Waals surface area contributed by atoms with E-state index in [0.717, 1.165) is 24.9 Å². The molecule has 0 spiro atoms. The van der Waals surface area contributed by atoms with Gasteiger partial charge in [-0.3, -0.25) is 9.78 Å². The summed E-state index contributed by atoms with van der Waals surface area (Å²) in [5.74, 6) is 0.554. The quantitative estimate of drug-likeness (QED) is 0.833. The summed E-state index contributed by atoms with van der Waals surface area (Å²) in [5.41, 5.74) is 1.24. The van der Waals surface area contributed by atoms with E-state index in [4.69, 9.17) is 11.6 Å². The lowest BCUT2D eigenvalue weighted by atomic mass is 9.96. The van der Waals surface area contributed by atoms with Gasteiger partial charge in [-0.15, -0.1) is 24.8 Å². The summed E-state index contributed by atoms with van der Waals surface area (Å²) in [6.45, 7) is 2.85. The van der Waals surface area contributed by atoms with Gasteiger partial charge < -0.3 is 10.6 Å². The first-order valence-corrected chi connectivity index (χ1v) is 8.15. The van der Waals surface area contributed by atoms with Gasteiger partial charge in [0.2, 0.25) is 0 Å². The maximum absolute atomic E-state index is 12.4. The predicted octanol–water partition coefficient (Wildman–Crippen LogP) is 3.85. The van der Waals surface area contributed by atoms with Crippen LogP contribution in [-0.4, -0.2) is 30.5 Å². The van der Waals surface area contributed by atoms with Crippen LogP contribution in [0.4, 0.5) is 0 Å². The molecule has 1 aliphatic rings. The summed E-state index contributed by atoms with van der Waals surface area (Å²) in [5, 5.41) is 7.84. The molecule has 2 heterocycles. The number of benzene rings is 1. The Hall–Kier alpha value is -1.07. The first kappa shape index (κ1) is 21.0. The average molecular weight is 391 g/mol. The molecule has 24 heavy (non-hydrogen) atoms. The number of nitrogens with one attached hydrogen (secondary N) is 2. The number of carbonyl (C=O) groups excluding carboxylic acids is 1. The van der Waals surface area contributed by atoms with Gasteiger partial charge in [0, 0.05) is 23.2 Å². The van der Waals surface area contributed by atoms with Crippen LogP contribution in [0.3, 0.4) is 0 Å². The molecular formula is C17H22Cl3N3O. The monoisotopic (exact) mass is 389 g/mol. The molecule has 1 aliphatic heterocycles. The summed E-state index contributed by atoms with van der Waals surface area (Å²) < 4.78 is 0. The van der Waals surface area contributed by atoms with Crippen LogP contribution in [0.5, 0.6) is 0 Å². The SMILES string of the molecule is Cl.Cl.O=C(NCCC1CCCNC1)c1cc(Cl)cc2cccnc12. The number of hydrogen-bond acceptors (Lipinski definition) is 3. The summed E-state index contributed by atoms with van der Waals surface area (Å²) >= 11 is 6.11. The van der Waals surface area contributed by atoms with Crippen molar-refractivity contribution in [1.29, 1.82) is 0 Å². The van der Waals surface area contributed by atoms with Gasteiger partial charge in [-0.2, -0.15) is 0 Å². The van der Waals surface area contributed by atoms with Gasteiger partial charge in [-0.1, -0.05) is 17.7 Å². The fraction of sp³-hybridized carbons (Fsp3) is 0.412. The average Bonchev–Trinajstić information content (AvgIpc) is 2.55. The number of nitrogens with zero attached hydrogens (tertiary/aromatic N) is 1. The van der Waals surface area contributed by atoms with Gasteiger partial charge in [0.15, 0.2) is 0 Å². The van der Waals surface area contributed by atoms with E-state index < -0.39 is 0 Å². The molecule has 4 nitrogen and oxygen atoms in total. The third-order valence-corrected chi connectivity index (χ3v) is 4.37. The highest BCUT2D eigenvalue weighted by molar-refractivity contribution is 6.32. The Balaban J connectivity index is 0.00000144. The summed E-state index contributed by atoms with van der Waals surface area (Å²) in [6, 6.07) is 7.28. The highest BCUT2D eigenvalue weighted by Gasteiger charge is 2.15. The second-order valence-corrected chi connectivity index (χ2v) is 6.22. The van der Waals surface area contributed by atoms with Crippen molar-refractivity contribution < 1.29 is 4.79 Å². The van der Waals surface area contributed by atoms with E-state index in [1.54, 1.807) is 12.3 Å². The molecule has 1 unspecified atom stereocenters. The van der Waals surface area contributed by atoms with E-state index in [1.807, 2.05) is 18.2 Å². The number of rotatable bonds is 4. The first-order chi connectivity index (χ1) is 10.7. The predicted molar refractivity (Wildman–Crippen MR) is 104 cm³/mol. The molecule has 0 aliphatic carbocycles. The normalized spacial score (nSPS) is 16.8. The molecule has 3 rings (SSSR count). The summed E-state index contributed by atoms with van der Waals surface area (Å²) in [7, 11) is 0. The fourth-order valence-electron chi connectivity index (χ4n) is 2.98. The van der Waals surface area contributed by atoms with E-state index in [0.29, 0.717) is 28.6 Å². The van der Waals surface area contributed by atoms with Crippen LogP contribution in [0.2, 0.25) is 5.02 Å². The lowest BCUT2D eigenvalue weighted by Crippen LogP contribution is -2.33. The maximum atomic E-state index is 12.4. The van der Waals surface area contributed by atoms with Crippen molar-refractivity contribution in [3.05, 3.63) is 41.0 Å². The number of piperidine rings is 1. The first-order valence-electron chi connectivity index (χ1n) is 7.77. The van der Waals surface area contributed by atoms with Crippen LogP contribution in [-0.2, 0) is 0 Å². The lowest BCUT2D eigenvalue weighted by molar-refractivity contribution is 0.0952. The number of fused-ring (bicyclic) bond motifs is 1. The van der Waals surface area contributed by atoms with Crippen LogP contribution < -0.4 is 10.6 Å². The minimum atomic E-state index is -0.102. The van der Waals surface area contributed by atoms with Crippen molar-refractivity contribution in [1.82, 2.24) is 15.6 Å². The van der Waals surface area contributed by atoms with Crippen molar-refractivity contribution in [2.45, 2.75) is 19.3 Å². The zero-order valence-electron chi connectivity index (χ0n) is 13.3. The molecule has 1 aromatic heterocycles. The van der Waals surface area contributed by atoms with Crippen LogP contribution in [0.15, 0.2) is 30.5 Å². The molecule has 2 N–H and O–H groups in total. The standard InChI is InChI=1S/C17H20ClN3O.2ClH/c18-14-9-13-4-2-7-20-16(13)15(10-14)17(22)21-8-5-12-3-1-6-19-11-12;;/h2,4,7,9-10,12,19H,1,3,5-6,8,11H2,(H,21,22);2*1H. The summed E-state index contributed by atoms with van der Waals surface area (Å²) in [4.78, 5) is 16.7. The highest BCUT2D eigenvalue weighted by atomic mass is 35.5. The molecule has 1 amide bonds. The van der Waals surface area contributed by atoms with Crippen molar-refractivity contribution in [2.24, 2.45) is 5.92 Å². The zero-order chi connectivity index (χ0) is 15.4. The third kappa shape index (κ3) is 5.21. The second kappa shape index (κ2) is 10.0. The molecule has 132 valence electrons. The number of pyridine rings is 1. The van der Waals surface area contributed by atoms with Crippen molar-refractivity contribution in [2.75, 3.05) is 19.6 Å². The van der Waals surface area contributed by atoms with Crippen molar-refractivity contribution in [3.63, 3.8) is 0 Å². The Morgan fingerprint density at radius 3 is 2.96 bits per heavy atom. The molecule has 0 radical (unpaired) electrons. The number of aromatic nitrogens is 1. The molecule has 0 bridgehead atoms. The Morgan fingerprint density at radius 1 is 1.38 bits per heavy atom. The number of carbonyl (C=O) groups is 1.